The molecule has 0 fully saturated rings. The molecule has 0 spiro atoms. The van der Waals surface area contributed by atoms with Gasteiger partial charge in [0.25, 0.3) is 0 Å². The van der Waals surface area contributed by atoms with Crippen LogP contribution in [0.4, 0.5) is 0 Å². The van der Waals surface area contributed by atoms with Crippen LogP contribution in [0.2, 0.25) is 0 Å². The molecule has 2 aromatic heterocycles. The topological polar surface area (TPSA) is 68.8 Å². The second-order valence-corrected chi connectivity index (χ2v) is 4.58. The van der Waals surface area contributed by atoms with E-state index in [2.05, 4.69) is 15.3 Å². The Kier molecular flexibility index (Phi) is 3.30. The van der Waals surface area contributed by atoms with Gasteiger partial charge in [0.05, 0.1) is 18.4 Å². The summed E-state index contributed by atoms with van der Waals surface area (Å²) in [6, 6.07) is 9.81. The second kappa shape index (κ2) is 5.26. The molecule has 2 heterocycles. The lowest BCUT2D eigenvalue weighted by Gasteiger charge is -2.07. The van der Waals surface area contributed by atoms with Crippen molar-refractivity contribution in [3.05, 3.63) is 60.4 Å². The Bertz CT molecular complexity index is 686. The molecule has 1 unspecified atom stereocenters. The molecule has 1 atom stereocenters. The Hall–Kier alpha value is -2.47. The number of benzene rings is 1. The first-order chi connectivity index (χ1) is 9.74. The van der Waals surface area contributed by atoms with E-state index in [4.69, 9.17) is 0 Å². The van der Waals surface area contributed by atoms with E-state index >= 15 is 0 Å². The van der Waals surface area contributed by atoms with Crippen molar-refractivity contribution < 1.29 is 5.11 Å². The van der Waals surface area contributed by atoms with E-state index in [-0.39, 0.29) is 0 Å². The Balaban J connectivity index is 1.83. The third-order valence-corrected chi connectivity index (χ3v) is 3.02. The number of para-hydroxylation sites is 1. The Morgan fingerprint density at radius 2 is 2.05 bits per heavy atom. The van der Waals surface area contributed by atoms with Crippen LogP contribution in [-0.4, -0.2) is 29.7 Å². The van der Waals surface area contributed by atoms with Crippen LogP contribution < -0.4 is 0 Å². The highest BCUT2D eigenvalue weighted by Crippen LogP contribution is 2.12. The van der Waals surface area contributed by atoms with E-state index in [0.717, 1.165) is 11.4 Å². The molecule has 1 N–H and O–H groups in total. The largest absolute Gasteiger partial charge is 0.385 e. The van der Waals surface area contributed by atoms with E-state index in [9.17, 15) is 5.11 Å². The van der Waals surface area contributed by atoms with Gasteiger partial charge in [-0.1, -0.05) is 23.4 Å². The van der Waals surface area contributed by atoms with Gasteiger partial charge < -0.3 is 9.67 Å². The third-order valence-electron chi connectivity index (χ3n) is 3.02. The van der Waals surface area contributed by atoms with Gasteiger partial charge in [-0.3, -0.25) is 0 Å². The molecule has 0 aliphatic heterocycles. The van der Waals surface area contributed by atoms with Crippen LogP contribution in [0.1, 0.15) is 24.5 Å². The number of aromatic nitrogens is 5. The molecule has 0 radical (unpaired) electrons. The summed E-state index contributed by atoms with van der Waals surface area (Å²) >= 11 is 0. The molecular formula is C14H15N5O. The molecule has 3 rings (SSSR count). The first-order valence-corrected chi connectivity index (χ1v) is 6.40. The van der Waals surface area contributed by atoms with Gasteiger partial charge in [-0.05, 0) is 19.1 Å². The molecule has 1 aromatic carbocycles. The Morgan fingerprint density at radius 1 is 1.25 bits per heavy atom. The van der Waals surface area contributed by atoms with Gasteiger partial charge in [0.15, 0.2) is 0 Å². The molecule has 3 aromatic rings. The van der Waals surface area contributed by atoms with Crippen molar-refractivity contribution in [2.45, 2.75) is 19.6 Å². The monoisotopic (exact) mass is 269 g/mol. The average molecular weight is 269 g/mol. The van der Waals surface area contributed by atoms with Crippen LogP contribution in [0.5, 0.6) is 0 Å². The highest BCUT2D eigenvalue weighted by Gasteiger charge is 2.10. The summed E-state index contributed by atoms with van der Waals surface area (Å²) in [7, 11) is 0. The average Bonchev–Trinajstić information content (AvgIpc) is 3.09. The van der Waals surface area contributed by atoms with Crippen molar-refractivity contribution in [1.82, 2.24) is 24.5 Å². The lowest BCUT2D eigenvalue weighted by molar-refractivity contribution is 0.184. The molecule has 0 amide bonds. The van der Waals surface area contributed by atoms with E-state index in [1.54, 1.807) is 17.8 Å². The molecule has 20 heavy (non-hydrogen) atoms. The van der Waals surface area contributed by atoms with Gasteiger partial charge in [-0.25, -0.2) is 9.67 Å². The minimum atomic E-state index is -0.603. The van der Waals surface area contributed by atoms with Gasteiger partial charge in [0, 0.05) is 12.4 Å². The zero-order valence-corrected chi connectivity index (χ0v) is 11.1. The summed E-state index contributed by atoms with van der Waals surface area (Å²) in [5, 5.41) is 17.9. The minimum Gasteiger partial charge on any atom is -0.385 e. The van der Waals surface area contributed by atoms with Crippen LogP contribution in [-0.2, 0) is 6.54 Å². The number of hydrogen-bond donors (Lipinski definition) is 1. The highest BCUT2D eigenvalue weighted by molar-refractivity contribution is 5.29. The van der Waals surface area contributed by atoms with Gasteiger partial charge in [0.2, 0.25) is 0 Å². The van der Waals surface area contributed by atoms with Gasteiger partial charge in [-0.15, -0.1) is 5.10 Å². The number of aliphatic hydroxyl groups excluding tert-OH is 1. The number of imidazole rings is 1. The van der Waals surface area contributed by atoms with Gasteiger partial charge in [0.1, 0.15) is 17.6 Å². The minimum absolute atomic E-state index is 0.535. The van der Waals surface area contributed by atoms with E-state index in [1.165, 1.54) is 0 Å². The number of aliphatic hydroxyl groups is 1. The number of nitrogens with zero attached hydrogens (tertiary/aromatic N) is 5. The maximum Gasteiger partial charge on any atom is 0.137 e. The van der Waals surface area contributed by atoms with Crippen LogP contribution in [0, 0.1) is 0 Å². The number of rotatable bonds is 4. The molecule has 102 valence electrons. The molecule has 0 aliphatic carbocycles. The molecule has 6 heteroatoms. The third kappa shape index (κ3) is 2.46. The van der Waals surface area contributed by atoms with Gasteiger partial charge >= 0.3 is 0 Å². The van der Waals surface area contributed by atoms with Crippen LogP contribution >= 0.6 is 0 Å². The van der Waals surface area contributed by atoms with Crippen molar-refractivity contribution in [1.29, 1.82) is 0 Å². The standard InChI is InChI=1S/C14H15N5O/c1-11(20)14-15-7-8-18(14)9-12-10-19(17-16-12)13-5-3-2-4-6-13/h2-8,10-11,20H,9H2,1H3. The molecule has 0 bridgehead atoms. The lowest BCUT2D eigenvalue weighted by atomic mass is 10.3. The second-order valence-electron chi connectivity index (χ2n) is 4.58. The van der Waals surface area contributed by atoms with Crippen molar-refractivity contribution in [2.75, 3.05) is 0 Å². The first-order valence-electron chi connectivity index (χ1n) is 6.40. The van der Waals surface area contributed by atoms with Crippen molar-refractivity contribution in [3.8, 4) is 5.69 Å². The summed E-state index contributed by atoms with van der Waals surface area (Å²) in [5.41, 5.74) is 1.78. The summed E-state index contributed by atoms with van der Waals surface area (Å²) in [5.74, 6) is 0.624. The van der Waals surface area contributed by atoms with Crippen molar-refractivity contribution >= 4 is 0 Å². The predicted octanol–water partition coefficient (Wildman–Crippen LogP) is 1.57. The molecule has 0 aliphatic rings. The normalized spacial score (nSPS) is 12.5. The van der Waals surface area contributed by atoms with Crippen LogP contribution in [0.25, 0.3) is 5.69 Å². The fraction of sp³-hybridized carbons (Fsp3) is 0.214. The van der Waals surface area contributed by atoms with E-state index in [0.29, 0.717) is 12.4 Å². The maximum atomic E-state index is 9.63. The van der Waals surface area contributed by atoms with E-state index in [1.807, 2.05) is 47.3 Å². The smallest absolute Gasteiger partial charge is 0.137 e. The molecule has 6 nitrogen and oxygen atoms in total. The molecule has 0 saturated heterocycles. The quantitative estimate of drug-likeness (QED) is 0.780. The van der Waals surface area contributed by atoms with Gasteiger partial charge in [-0.2, -0.15) is 0 Å². The SMILES string of the molecule is CC(O)c1nccn1Cc1cn(-c2ccccc2)nn1. The summed E-state index contributed by atoms with van der Waals surface area (Å²) in [6.07, 6.45) is 4.77. The van der Waals surface area contributed by atoms with Crippen LogP contribution in [0.15, 0.2) is 48.9 Å². The maximum absolute atomic E-state index is 9.63. The summed E-state index contributed by atoms with van der Waals surface area (Å²) < 4.78 is 3.60. The fourth-order valence-corrected chi connectivity index (χ4v) is 2.07. The Labute approximate surface area is 116 Å². The highest BCUT2D eigenvalue weighted by atomic mass is 16.3. The summed E-state index contributed by atoms with van der Waals surface area (Å²) in [6.45, 7) is 2.23. The first kappa shape index (κ1) is 12.6. The molecular weight excluding hydrogens is 254 g/mol. The fourth-order valence-electron chi connectivity index (χ4n) is 2.07. The predicted molar refractivity (Wildman–Crippen MR) is 73.3 cm³/mol. The zero-order chi connectivity index (χ0) is 13.9. The van der Waals surface area contributed by atoms with Crippen LogP contribution in [0.3, 0.4) is 0 Å². The van der Waals surface area contributed by atoms with E-state index < -0.39 is 6.10 Å². The summed E-state index contributed by atoms with van der Waals surface area (Å²) in [4.78, 5) is 4.13. The zero-order valence-electron chi connectivity index (χ0n) is 11.1. The molecule has 0 saturated carbocycles. The van der Waals surface area contributed by atoms with Crippen molar-refractivity contribution in [3.63, 3.8) is 0 Å². The van der Waals surface area contributed by atoms with Crippen molar-refractivity contribution in [2.24, 2.45) is 0 Å². The number of hydrogen-bond acceptors (Lipinski definition) is 4. The Morgan fingerprint density at radius 3 is 2.80 bits per heavy atom. The lowest BCUT2D eigenvalue weighted by Crippen LogP contribution is -2.07.